The van der Waals surface area contributed by atoms with Crippen LogP contribution in [-0.4, -0.2) is 32.7 Å². The minimum Gasteiger partial charge on any atom is -0.493 e. The summed E-state index contributed by atoms with van der Waals surface area (Å²) in [6.45, 7) is -1.20. The van der Waals surface area contributed by atoms with Crippen LogP contribution in [0.1, 0.15) is 12.8 Å². The maximum absolute atomic E-state index is 12.3. The van der Waals surface area contributed by atoms with Gasteiger partial charge in [0.2, 0.25) is 5.91 Å². The molecule has 1 unspecified atom stereocenters. The Bertz CT molecular complexity index is 491. The third kappa shape index (κ3) is 4.56. The lowest BCUT2D eigenvalue weighted by Crippen LogP contribution is -2.18. The molecular weight excluding hydrogens is 282 g/mol. The number of carbonyl (C=O) groups is 1. The van der Waals surface area contributed by atoms with Crippen molar-refractivity contribution in [1.82, 2.24) is 5.32 Å². The van der Waals surface area contributed by atoms with Gasteiger partial charge >= 0.3 is 6.61 Å². The Labute approximate surface area is 121 Å². The summed E-state index contributed by atoms with van der Waals surface area (Å²) in [6.07, 6.45) is 1.37. The second kappa shape index (κ2) is 7.21. The lowest BCUT2D eigenvalue weighted by Gasteiger charge is -2.13. The van der Waals surface area contributed by atoms with Crippen LogP contribution >= 0.6 is 0 Å². The molecule has 1 aromatic carbocycles. The normalized spacial score (nSPS) is 17.8. The maximum Gasteiger partial charge on any atom is 0.387 e. The monoisotopic (exact) mass is 300 g/mol. The molecule has 1 amide bonds. The zero-order chi connectivity index (χ0) is 15.2. The van der Waals surface area contributed by atoms with E-state index in [-0.39, 0.29) is 17.4 Å². The highest BCUT2D eigenvalue weighted by atomic mass is 19.3. The number of hydrogen-bond acceptors (Lipinski definition) is 4. The standard InChI is InChI=1S/C14H18F2N2O3/c1-20-11-3-2-10(7-12(11)21-14(15)16)18-13(19)6-9-4-5-17-8-9/h2-3,7,9,14,17H,4-6,8H2,1H3,(H,18,19). The highest BCUT2D eigenvalue weighted by molar-refractivity contribution is 5.91. The molecule has 116 valence electrons. The first-order chi connectivity index (χ1) is 10.1. The summed E-state index contributed by atoms with van der Waals surface area (Å²) < 4.78 is 34.0. The minimum atomic E-state index is -2.95. The first kappa shape index (κ1) is 15.5. The molecule has 0 bridgehead atoms. The van der Waals surface area contributed by atoms with E-state index in [0.29, 0.717) is 18.0 Å². The van der Waals surface area contributed by atoms with E-state index in [4.69, 9.17) is 4.74 Å². The van der Waals surface area contributed by atoms with Gasteiger partial charge in [-0.3, -0.25) is 4.79 Å². The van der Waals surface area contributed by atoms with Crippen LogP contribution in [0.4, 0.5) is 14.5 Å². The van der Waals surface area contributed by atoms with Crippen molar-refractivity contribution in [3.8, 4) is 11.5 Å². The lowest BCUT2D eigenvalue weighted by atomic mass is 10.0. The van der Waals surface area contributed by atoms with Crippen LogP contribution in [-0.2, 0) is 4.79 Å². The van der Waals surface area contributed by atoms with Crippen LogP contribution in [0, 0.1) is 5.92 Å². The zero-order valence-corrected chi connectivity index (χ0v) is 11.7. The molecule has 7 heteroatoms. The molecule has 2 N–H and O–H groups in total. The Balaban J connectivity index is 2.00. The van der Waals surface area contributed by atoms with E-state index in [2.05, 4.69) is 15.4 Å². The summed E-state index contributed by atoms with van der Waals surface area (Å²) in [4.78, 5) is 11.9. The predicted molar refractivity (Wildman–Crippen MR) is 73.8 cm³/mol. The SMILES string of the molecule is COc1ccc(NC(=O)CC2CCNC2)cc1OC(F)F. The Morgan fingerprint density at radius 1 is 1.48 bits per heavy atom. The molecule has 2 rings (SSSR count). The van der Waals surface area contributed by atoms with Crippen molar-refractivity contribution >= 4 is 11.6 Å². The van der Waals surface area contributed by atoms with Crippen molar-refractivity contribution in [1.29, 1.82) is 0 Å². The van der Waals surface area contributed by atoms with Gasteiger partial charge in [-0.05, 0) is 37.6 Å². The van der Waals surface area contributed by atoms with Gasteiger partial charge in [0.15, 0.2) is 11.5 Å². The van der Waals surface area contributed by atoms with Crippen molar-refractivity contribution in [3.63, 3.8) is 0 Å². The van der Waals surface area contributed by atoms with E-state index in [1.54, 1.807) is 6.07 Å². The van der Waals surface area contributed by atoms with Crippen LogP contribution < -0.4 is 20.1 Å². The van der Waals surface area contributed by atoms with Crippen LogP contribution in [0.5, 0.6) is 11.5 Å². The summed E-state index contributed by atoms with van der Waals surface area (Å²) in [5, 5.41) is 5.87. The van der Waals surface area contributed by atoms with Gasteiger partial charge in [0.05, 0.1) is 7.11 Å². The van der Waals surface area contributed by atoms with Gasteiger partial charge in [-0.25, -0.2) is 0 Å². The number of hydrogen-bond donors (Lipinski definition) is 2. The number of ether oxygens (including phenoxy) is 2. The van der Waals surface area contributed by atoms with E-state index in [1.165, 1.54) is 19.2 Å². The van der Waals surface area contributed by atoms with Crippen molar-refractivity contribution < 1.29 is 23.0 Å². The minimum absolute atomic E-state index is 0.104. The molecule has 21 heavy (non-hydrogen) atoms. The molecule has 0 aromatic heterocycles. The van der Waals surface area contributed by atoms with Crippen molar-refractivity contribution in [2.75, 3.05) is 25.5 Å². The van der Waals surface area contributed by atoms with Gasteiger partial charge < -0.3 is 20.1 Å². The van der Waals surface area contributed by atoms with Gasteiger partial charge in [0.1, 0.15) is 0 Å². The van der Waals surface area contributed by atoms with Crippen LogP contribution in [0.2, 0.25) is 0 Å². The van der Waals surface area contributed by atoms with Gasteiger partial charge in [-0.1, -0.05) is 0 Å². The summed E-state index contributed by atoms with van der Waals surface area (Å²) in [7, 11) is 1.36. The van der Waals surface area contributed by atoms with Crippen molar-refractivity contribution in [2.24, 2.45) is 5.92 Å². The summed E-state index contributed by atoms with van der Waals surface area (Å²) in [5.41, 5.74) is 0.405. The third-order valence-electron chi connectivity index (χ3n) is 3.30. The van der Waals surface area contributed by atoms with E-state index < -0.39 is 6.61 Å². The molecule has 1 aromatic rings. The van der Waals surface area contributed by atoms with E-state index in [9.17, 15) is 13.6 Å². The third-order valence-corrected chi connectivity index (χ3v) is 3.30. The Kier molecular flexibility index (Phi) is 5.32. The van der Waals surface area contributed by atoms with Crippen LogP contribution in [0.25, 0.3) is 0 Å². The van der Waals surface area contributed by atoms with E-state index in [1.807, 2.05) is 0 Å². The largest absolute Gasteiger partial charge is 0.493 e. The number of alkyl halides is 2. The fourth-order valence-corrected chi connectivity index (χ4v) is 2.31. The van der Waals surface area contributed by atoms with Gasteiger partial charge in [-0.2, -0.15) is 8.78 Å². The summed E-state index contributed by atoms with van der Waals surface area (Å²) >= 11 is 0. The molecule has 1 aliphatic heterocycles. The predicted octanol–water partition coefficient (Wildman–Crippen LogP) is 2.23. The zero-order valence-electron chi connectivity index (χ0n) is 11.7. The number of anilines is 1. The van der Waals surface area contributed by atoms with Crippen LogP contribution in [0.3, 0.4) is 0 Å². The van der Waals surface area contributed by atoms with E-state index >= 15 is 0 Å². The Morgan fingerprint density at radius 3 is 2.90 bits per heavy atom. The molecular formula is C14H18F2N2O3. The number of halogens is 2. The molecule has 5 nitrogen and oxygen atoms in total. The molecule has 0 saturated carbocycles. The molecule has 1 atom stereocenters. The maximum atomic E-state index is 12.3. The number of methoxy groups -OCH3 is 1. The topological polar surface area (TPSA) is 59.6 Å². The van der Waals surface area contributed by atoms with Gasteiger partial charge in [0, 0.05) is 18.2 Å². The van der Waals surface area contributed by atoms with Crippen molar-refractivity contribution in [3.05, 3.63) is 18.2 Å². The molecule has 0 aliphatic carbocycles. The highest BCUT2D eigenvalue weighted by Gasteiger charge is 2.18. The van der Waals surface area contributed by atoms with E-state index in [0.717, 1.165) is 19.5 Å². The Morgan fingerprint density at radius 2 is 2.29 bits per heavy atom. The quantitative estimate of drug-likeness (QED) is 0.846. The van der Waals surface area contributed by atoms with Gasteiger partial charge in [0.25, 0.3) is 0 Å². The second-order valence-electron chi connectivity index (χ2n) is 4.86. The average molecular weight is 300 g/mol. The smallest absolute Gasteiger partial charge is 0.387 e. The van der Waals surface area contributed by atoms with Crippen LogP contribution in [0.15, 0.2) is 18.2 Å². The lowest BCUT2D eigenvalue weighted by molar-refractivity contribution is -0.116. The fourth-order valence-electron chi connectivity index (χ4n) is 2.31. The number of rotatable bonds is 6. The summed E-state index contributed by atoms with van der Waals surface area (Å²) in [5.74, 6) is 0.262. The number of amides is 1. The highest BCUT2D eigenvalue weighted by Crippen LogP contribution is 2.31. The molecule has 1 fully saturated rings. The number of benzene rings is 1. The van der Waals surface area contributed by atoms with Gasteiger partial charge in [-0.15, -0.1) is 0 Å². The second-order valence-corrected chi connectivity index (χ2v) is 4.86. The molecule has 0 radical (unpaired) electrons. The van der Waals surface area contributed by atoms with Crippen molar-refractivity contribution in [2.45, 2.75) is 19.5 Å². The molecule has 1 aliphatic rings. The average Bonchev–Trinajstić information content (AvgIpc) is 2.91. The Hall–Kier alpha value is -1.89. The number of carbonyl (C=O) groups excluding carboxylic acids is 1. The first-order valence-electron chi connectivity index (χ1n) is 6.72. The molecule has 0 spiro atoms. The fraction of sp³-hybridized carbons (Fsp3) is 0.500. The summed E-state index contributed by atoms with van der Waals surface area (Å²) in [6, 6.07) is 4.39. The first-order valence-corrected chi connectivity index (χ1v) is 6.72. The molecule has 1 heterocycles. The number of nitrogens with one attached hydrogen (secondary N) is 2. The molecule has 1 saturated heterocycles.